The van der Waals surface area contributed by atoms with Crippen LogP contribution in [0.1, 0.15) is 54.8 Å². The molecule has 0 bridgehead atoms. The highest BCUT2D eigenvalue weighted by Gasteiger charge is 2.27. The molecule has 5 heteroatoms. The molecule has 2 aromatic heterocycles. The Hall–Kier alpha value is -1.62. The van der Waals surface area contributed by atoms with Crippen LogP contribution >= 0.6 is 11.3 Å². The first-order chi connectivity index (χ1) is 10.2. The van der Waals surface area contributed by atoms with Crippen LogP contribution in [0.2, 0.25) is 0 Å². The third-order valence-corrected chi connectivity index (χ3v) is 4.74. The minimum atomic E-state index is 0.159. The summed E-state index contributed by atoms with van der Waals surface area (Å²) in [6.07, 6.45) is 6.09. The molecule has 0 aliphatic carbocycles. The van der Waals surface area contributed by atoms with Crippen LogP contribution in [0.25, 0.3) is 0 Å². The van der Waals surface area contributed by atoms with Gasteiger partial charge in [-0.3, -0.25) is 4.79 Å². The maximum absolute atomic E-state index is 12.5. The van der Waals surface area contributed by atoms with Crippen LogP contribution in [-0.4, -0.2) is 33.4 Å². The number of carbonyl (C=O) groups excluding carboxylic acids is 1. The molecule has 1 saturated heterocycles. The Morgan fingerprint density at radius 2 is 2.33 bits per heavy atom. The van der Waals surface area contributed by atoms with Crippen LogP contribution in [0.15, 0.2) is 29.2 Å². The molecule has 1 amide bonds. The number of aromatic nitrogens is 2. The molecule has 21 heavy (non-hydrogen) atoms. The molecule has 1 fully saturated rings. The summed E-state index contributed by atoms with van der Waals surface area (Å²) in [5.74, 6) is 1.68. The van der Waals surface area contributed by atoms with Crippen molar-refractivity contribution in [3.05, 3.63) is 40.6 Å². The van der Waals surface area contributed by atoms with E-state index in [0.29, 0.717) is 12.0 Å². The smallest absolute Gasteiger partial charge is 0.254 e. The fraction of sp³-hybridized carbons (Fsp3) is 0.500. The van der Waals surface area contributed by atoms with E-state index in [0.717, 1.165) is 37.3 Å². The molecule has 0 aromatic carbocycles. The summed E-state index contributed by atoms with van der Waals surface area (Å²) in [5.41, 5.74) is 0.815. The maximum atomic E-state index is 12.5. The van der Waals surface area contributed by atoms with Gasteiger partial charge in [-0.15, -0.1) is 0 Å². The Morgan fingerprint density at radius 3 is 3.05 bits per heavy atom. The van der Waals surface area contributed by atoms with Gasteiger partial charge < -0.3 is 9.47 Å². The third-order valence-electron chi connectivity index (χ3n) is 4.06. The van der Waals surface area contributed by atoms with Crippen LogP contribution in [-0.2, 0) is 0 Å². The molecule has 4 nitrogen and oxygen atoms in total. The number of hydrogen-bond donors (Lipinski definition) is 0. The predicted octanol–water partition coefficient (Wildman–Crippen LogP) is 3.55. The first-order valence-electron chi connectivity index (χ1n) is 7.51. The van der Waals surface area contributed by atoms with E-state index >= 15 is 0 Å². The molecule has 0 unspecified atom stereocenters. The van der Waals surface area contributed by atoms with E-state index in [1.165, 1.54) is 0 Å². The molecule has 1 aliphatic rings. The van der Waals surface area contributed by atoms with Gasteiger partial charge in [0, 0.05) is 36.8 Å². The molecule has 2 aromatic rings. The van der Waals surface area contributed by atoms with Crippen LogP contribution in [0.4, 0.5) is 0 Å². The largest absolute Gasteiger partial charge is 0.337 e. The summed E-state index contributed by atoms with van der Waals surface area (Å²) in [6.45, 7) is 5.97. The Morgan fingerprint density at radius 1 is 1.48 bits per heavy atom. The van der Waals surface area contributed by atoms with Crippen molar-refractivity contribution in [2.75, 3.05) is 13.1 Å². The topological polar surface area (TPSA) is 38.1 Å². The maximum Gasteiger partial charge on any atom is 0.254 e. The zero-order valence-electron chi connectivity index (χ0n) is 12.5. The minimum absolute atomic E-state index is 0.159. The second-order valence-corrected chi connectivity index (χ2v) is 6.69. The summed E-state index contributed by atoms with van der Waals surface area (Å²) in [5, 5.41) is 3.89. The average Bonchev–Trinajstić information content (AvgIpc) is 3.17. The molecular formula is C16H21N3OS. The third kappa shape index (κ3) is 2.88. The molecule has 0 spiro atoms. The van der Waals surface area contributed by atoms with Gasteiger partial charge in [0.2, 0.25) is 0 Å². The molecule has 1 aliphatic heterocycles. The van der Waals surface area contributed by atoms with Crippen molar-refractivity contribution in [1.82, 2.24) is 14.5 Å². The molecule has 0 saturated carbocycles. The van der Waals surface area contributed by atoms with Crippen LogP contribution < -0.4 is 0 Å². The van der Waals surface area contributed by atoms with Gasteiger partial charge in [0.1, 0.15) is 5.82 Å². The van der Waals surface area contributed by atoms with E-state index in [2.05, 4.69) is 29.6 Å². The molecule has 0 N–H and O–H groups in total. The molecule has 112 valence electrons. The first-order valence-corrected chi connectivity index (χ1v) is 8.45. The van der Waals surface area contributed by atoms with E-state index in [9.17, 15) is 4.79 Å². The fourth-order valence-electron chi connectivity index (χ4n) is 3.02. The molecule has 0 radical (unpaired) electrons. The lowest BCUT2D eigenvalue weighted by atomic mass is 10.0. The highest BCUT2D eigenvalue weighted by atomic mass is 32.1. The lowest BCUT2D eigenvalue weighted by Gasteiger charge is -2.34. The van der Waals surface area contributed by atoms with E-state index in [4.69, 9.17) is 0 Å². The number of amides is 1. The zero-order chi connectivity index (χ0) is 14.8. The van der Waals surface area contributed by atoms with E-state index in [1.807, 2.05) is 27.9 Å². The SMILES string of the molecule is CC(C)c1nccn1[C@H]1CCCN(C(=O)c2ccsc2)C1. The molecule has 3 rings (SSSR count). The summed E-state index contributed by atoms with van der Waals surface area (Å²) >= 11 is 1.57. The van der Waals surface area contributed by atoms with Crippen molar-refractivity contribution in [2.45, 2.75) is 38.6 Å². The van der Waals surface area contributed by atoms with Gasteiger partial charge in [0.25, 0.3) is 5.91 Å². The molecule has 1 atom stereocenters. The number of thiophene rings is 1. The van der Waals surface area contributed by atoms with Crippen LogP contribution in [0, 0.1) is 0 Å². The van der Waals surface area contributed by atoms with Gasteiger partial charge in [-0.05, 0) is 24.3 Å². The Kier molecular flexibility index (Phi) is 4.10. The summed E-state index contributed by atoms with van der Waals surface area (Å²) < 4.78 is 2.26. The monoisotopic (exact) mass is 303 g/mol. The van der Waals surface area contributed by atoms with E-state index in [1.54, 1.807) is 11.3 Å². The predicted molar refractivity (Wildman–Crippen MR) is 84.8 cm³/mol. The van der Waals surface area contributed by atoms with Gasteiger partial charge in [0.15, 0.2) is 0 Å². The van der Waals surface area contributed by atoms with Gasteiger partial charge in [0.05, 0.1) is 11.6 Å². The first kappa shape index (κ1) is 14.3. The standard InChI is InChI=1S/C16H21N3OS/c1-12(2)15-17-6-8-19(15)14-4-3-7-18(10-14)16(20)13-5-9-21-11-13/h5-6,8-9,11-12,14H,3-4,7,10H2,1-2H3/t14-/m0/s1. The molecule has 3 heterocycles. The van der Waals surface area contributed by atoms with Gasteiger partial charge >= 0.3 is 0 Å². The second kappa shape index (κ2) is 6.02. The zero-order valence-corrected chi connectivity index (χ0v) is 13.3. The normalized spacial score (nSPS) is 19.2. The van der Waals surface area contributed by atoms with Crippen molar-refractivity contribution < 1.29 is 4.79 Å². The molecular weight excluding hydrogens is 282 g/mol. The van der Waals surface area contributed by atoms with Gasteiger partial charge in [-0.25, -0.2) is 4.98 Å². The second-order valence-electron chi connectivity index (χ2n) is 5.91. The average molecular weight is 303 g/mol. The van der Waals surface area contributed by atoms with Crippen molar-refractivity contribution >= 4 is 17.2 Å². The Bertz CT molecular complexity index is 603. The highest BCUT2D eigenvalue weighted by Crippen LogP contribution is 2.26. The van der Waals surface area contributed by atoms with Crippen LogP contribution in [0.3, 0.4) is 0 Å². The lowest BCUT2D eigenvalue weighted by Crippen LogP contribution is -2.40. The Labute approximate surface area is 129 Å². The van der Waals surface area contributed by atoms with E-state index in [-0.39, 0.29) is 5.91 Å². The van der Waals surface area contributed by atoms with Crippen molar-refractivity contribution in [2.24, 2.45) is 0 Å². The summed E-state index contributed by atoms with van der Waals surface area (Å²) in [4.78, 5) is 19.0. The van der Waals surface area contributed by atoms with Crippen molar-refractivity contribution in [3.8, 4) is 0 Å². The van der Waals surface area contributed by atoms with Gasteiger partial charge in [-0.2, -0.15) is 11.3 Å². The number of piperidine rings is 1. The number of carbonyl (C=O) groups is 1. The fourth-order valence-corrected chi connectivity index (χ4v) is 3.65. The summed E-state index contributed by atoms with van der Waals surface area (Å²) in [6, 6.07) is 2.26. The van der Waals surface area contributed by atoms with Crippen molar-refractivity contribution in [1.29, 1.82) is 0 Å². The van der Waals surface area contributed by atoms with Gasteiger partial charge in [-0.1, -0.05) is 13.8 Å². The Balaban J connectivity index is 1.77. The number of nitrogens with zero attached hydrogens (tertiary/aromatic N) is 3. The number of imidazole rings is 1. The van der Waals surface area contributed by atoms with E-state index < -0.39 is 0 Å². The number of likely N-dealkylation sites (tertiary alicyclic amines) is 1. The lowest BCUT2D eigenvalue weighted by molar-refractivity contribution is 0.0678. The number of hydrogen-bond acceptors (Lipinski definition) is 3. The summed E-state index contributed by atoms with van der Waals surface area (Å²) in [7, 11) is 0. The minimum Gasteiger partial charge on any atom is -0.337 e. The number of rotatable bonds is 3. The quantitative estimate of drug-likeness (QED) is 0.869. The van der Waals surface area contributed by atoms with Crippen LogP contribution in [0.5, 0.6) is 0 Å². The van der Waals surface area contributed by atoms with Crippen molar-refractivity contribution in [3.63, 3.8) is 0 Å². The highest BCUT2D eigenvalue weighted by molar-refractivity contribution is 7.08.